The molecule has 4 rings (SSSR count). The maximum atomic E-state index is 12.5. The van der Waals surface area contributed by atoms with Crippen LogP contribution in [-0.2, 0) is 11.3 Å². The number of carbonyl (C=O) groups is 1. The molecule has 0 radical (unpaired) electrons. The van der Waals surface area contributed by atoms with E-state index >= 15 is 0 Å². The highest BCUT2D eigenvalue weighted by atomic mass is 16.2. The van der Waals surface area contributed by atoms with Gasteiger partial charge in [0.15, 0.2) is 5.65 Å². The summed E-state index contributed by atoms with van der Waals surface area (Å²) in [4.78, 5) is 16.8. The molecule has 1 saturated carbocycles. The monoisotopic (exact) mass is 320 g/mol. The Morgan fingerprint density at radius 2 is 2.08 bits per heavy atom. The first-order chi connectivity index (χ1) is 11.6. The second kappa shape index (κ2) is 5.44. The molecular formula is C19H20N4O. The molecule has 1 aliphatic rings. The van der Waals surface area contributed by atoms with Gasteiger partial charge >= 0.3 is 0 Å². The summed E-state index contributed by atoms with van der Waals surface area (Å²) < 4.78 is 1.68. The summed E-state index contributed by atoms with van der Waals surface area (Å²) in [7, 11) is 0. The SMILES string of the molecule is Cc1nn(CC(=O)N[C@]2(C)C[C@H]2c2ccccc2)c2ncccc12. The zero-order valence-electron chi connectivity index (χ0n) is 13.9. The van der Waals surface area contributed by atoms with Crippen molar-refractivity contribution in [2.24, 2.45) is 0 Å². The molecule has 0 spiro atoms. The van der Waals surface area contributed by atoms with Crippen molar-refractivity contribution in [1.82, 2.24) is 20.1 Å². The molecule has 1 amide bonds. The molecule has 1 aliphatic carbocycles. The van der Waals surface area contributed by atoms with Crippen LogP contribution in [0.5, 0.6) is 0 Å². The number of nitrogens with one attached hydrogen (secondary N) is 1. The summed E-state index contributed by atoms with van der Waals surface area (Å²) in [6, 6.07) is 14.2. The highest BCUT2D eigenvalue weighted by Crippen LogP contribution is 2.50. The zero-order chi connectivity index (χ0) is 16.7. The molecule has 0 aliphatic heterocycles. The Balaban J connectivity index is 1.48. The van der Waals surface area contributed by atoms with Crippen molar-refractivity contribution in [3.63, 3.8) is 0 Å². The summed E-state index contributed by atoms with van der Waals surface area (Å²) in [6.45, 7) is 4.23. The molecule has 1 fully saturated rings. The van der Waals surface area contributed by atoms with Gasteiger partial charge in [-0.25, -0.2) is 9.67 Å². The lowest BCUT2D eigenvalue weighted by molar-refractivity contribution is -0.122. The normalized spacial score (nSPS) is 22.5. The van der Waals surface area contributed by atoms with Gasteiger partial charge in [-0.1, -0.05) is 30.3 Å². The van der Waals surface area contributed by atoms with Crippen LogP contribution in [0.25, 0.3) is 11.0 Å². The van der Waals surface area contributed by atoms with E-state index < -0.39 is 0 Å². The van der Waals surface area contributed by atoms with Crippen LogP contribution in [0, 0.1) is 6.92 Å². The van der Waals surface area contributed by atoms with Gasteiger partial charge in [-0.3, -0.25) is 4.79 Å². The molecule has 5 heteroatoms. The Bertz CT molecular complexity index is 902. The van der Waals surface area contributed by atoms with Crippen LogP contribution in [0.3, 0.4) is 0 Å². The number of hydrogen-bond donors (Lipinski definition) is 1. The molecular weight excluding hydrogens is 300 g/mol. The van der Waals surface area contributed by atoms with Crippen LogP contribution in [-0.4, -0.2) is 26.2 Å². The number of rotatable bonds is 4. The number of aryl methyl sites for hydroxylation is 1. The van der Waals surface area contributed by atoms with E-state index in [9.17, 15) is 4.79 Å². The lowest BCUT2D eigenvalue weighted by Gasteiger charge is -2.14. The van der Waals surface area contributed by atoms with Crippen LogP contribution in [0.15, 0.2) is 48.7 Å². The number of benzene rings is 1. The molecule has 5 nitrogen and oxygen atoms in total. The van der Waals surface area contributed by atoms with Gasteiger partial charge < -0.3 is 5.32 Å². The topological polar surface area (TPSA) is 59.8 Å². The molecule has 3 aromatic rings. The minimum Gasteiger partial charge on any atom is -0.349 e. The number of hydrogen-bond acceptors (Lipinski definition) is 3. The number of fused-ring (bicyclic) bond motifs is 1. The van der Waals surface area contributed by atoms with Gasteiger partial charge in [0.05, 0.1) is 5.69 Å². The van der Waals surface area contributed by atoms with Gasteiger partial charge in [-0.2, -0.15) is 5.10 Å². The van der Waals surface area contributed by atoms with E-state index in [-0.39, 0.29) is 18.0 Å². The Kier molecular flexibility index (Phi) is 3.37. The number of amides is 1. The fourth-order valence-electron chi connectivity index (χ4n) is 3.45. The van der Waals surface area contributed by atoms with Gasteiger partial charge in [-0.05, 0) is 38.0 Å². The van der Waals surface area contributed by atoms with Crippen LogP contribution < -0.4 is 5.32 Å². The largest absolute Gasteiger partial charge is 0.349 e. The molecule has 0 unspecified atom stereocenters. The standard InChI is InChI=1S/C19H20N4O/c1-13-15-9-6-10-20-18(15)23(22-13)12-17(24)21-19(2)11-16(19)14-7-4-3-5-8-14/h3-10,16H,11-12H2,1-2H3,(H,21,24)/t16-,19+/m0/s1. The quantitative estimate of drug-likeness (QED) is 0.804. The summed E-state index contributed by atoms with van der Waals surface area (Å²) in [5.74, 6) is 0.364. The van der Waals surface area contributed by atoms with E-state index in [4.69, 9.17) is 0 Å². The highest BCUT2D eigenvalue weighted by molar-refractivity contribution is 5.82. The Hall–Kier alpha value is -2.69. The van der Waals surface area contributed by atoms with E-state index in [1.807, 2.05) is 37.3 Å². The predicted molar refractivity (Wildman–Crippen MR) is 92.6 cm³/mol. The third-order valence-electron chi connectivity index (χ3n) is 4.85. The Labute approximate surface area is 140 Å². The molecule has 0 saturated heterocycles. The van der Waals surface area contributed by atoms with Gasteiger partial charge in [0.1, 0.15) is 6.54 Å². The molecule has 2 atom stereocenters. The Morgan fingerprint density at radius 3 is 2.88 bits per heavy atom. The number of nitrogens with zero attached hydrogens (tertiary/aromatic N) is 3. The summed E-state index contributed by atoms with van der Waals surface area (Å²) in [5.41, 5.74) is 2.77. The van der Waals surface area contributed by atoms with E-state index in [2.05, 4.69) is 34.5 Å². The van der Waals surface area contributed by atoms with Crippen LogP contribution in [0.4, 0.5) is 0 Å². The molecule has 24 heavy (non-hydrogen) atoms. The highest BCUT2D eigenvalue weighted by Gasteiger charge is 2.51. The maximum Gasteiger partial charge on any atom is 0.242 e. The van der Waals surface area contributed by atoms with Crippen molar-refractivity contribution in [2.45, 2.75) is 38.3 Å². The zero-order valence-corrected chi connectivity index (χ0v) is 13.9. The van der Waals surface area contributed by atoms with Crippen molar-refractivity contribution in [3.8, 4) is 0 Å². The third kappa shape index (κ3) is 2.56. The lowest BCUT2D eigenvalue weighted by atomic mass is 10.1. The molecule has 122 valence electrons. The first-order valence-electron chi connectivity index (χ1n) is 8.21. The molecule has 2 heterocycles. The summed E-state index contributed by atoms with van der Waals surface area (Å²) >= 11 is 0. The van der Waals surface area contributed by atoms with Crippen molar-refractivity contribution in [3.05, 3.63) is 59.9 Å². The summed E-state index contributed by atoms with van der Waals surface area (Å²) in [6.07, 6.45) is 2.70. The molecule has 0 bridgehead atoms. The number of pyridine rings is 1. The number of aromatic nitrogens is 3. The van der Waals surface area contributed by atoms with Gasteiger partial charge in [-0.15, -0.1) is 0 Å². The maximum absolute atomic E-state index is 12.5. The van der Waals surface area contributed by atoms with E-state index in [0.29, 0.717) is 5.92 Å². The average Bonchev–Trinajstić information content (AvgIpc) is 3.15. The van der Waals surface area contributed by atoms with Crippen molar-refractivity contribution < 1.29 is 4.79 Å². The van der Waals surface area contributed by atoms with Crippen molar-refractivity contribution in [1.29, 1.82) is 0 Å². The third-order valence-corrected chi connectivity index (χ3v) is 4.85. The average molecular weight is 320 g/mol. The van der Waals surface area contributed by atoms with Crippen LogP contribution in [0.2, 0.25) is 0 Å². The minimum atomic E-state index is -0.163. The van der Waals surface area contributed by atoms with Crippen molar-refractivity contribution in [2.75, 3.05) is 0 Å². The Morgan fingerprint density at radius 1 is 1.29 bits per heavy atom. The molecule has 1 aromatic carbocycles. The van der Waals surface area contributed by atoms with Crippen molar-refractivity contribution >= 4 is 16.9 Å². The fourth-order valence-corrected chi connectivity index (χ4v) is 3.45. The predicted octanol–water partition coefficient (Wildman–Crippen LogP) is 2.80. The lowest BCUT2D eigenvalue weighted by Crippen LogP contribution is -2.38. The fraction of sp³-hybridized carbons (Fsp3) is 0.316. The van der Waals surface area contributed by atoms with Crippen LogP contribution in [0.1, 0.15) is 30.5 Å². The van der Waals surface area contributed by atoms with E-state index in [1.54, 1.807) is 10.9 Å². The first kappa shape index (κ1) is 14.9. The van der Waals surface area contributed by atoms with Crippen LogP contribution >= 0.6 is 0 Å². The minimum absolute atomic E-state index is 0.0222. The second-order valence-corrected chi connectivity index (χ2v) is 6.75. The van der Waals surface area contributed by atoms with Gasteiger partial charge in [0.2, 0.25) is 5.91 Å². The van der Waals surface area contributed by atoms with E-state index in [1.165, 1.54) is 5.56 Å². The number of carbonyl (C=O) groups excluding carboxylic acids is 1. The van der Waals surface area contributed by atoms with Gasteiger partial charge in [0, 0.05) is 23.0 Å². The van der Waals surface area contributed by atoms with E-state index in [0.717, 1.165) is 23.1 Å². The first-order valence-corrected chi connectivity index (χ1v) is 8.21. The van der Waals surface area contributed by atoms with Gasteiger partial charge in [0.25, 0.3) is 0 Å². The molecule has 1 N–H and O–H groups in total. The second-order valence-electron chi connectivity index (χ2n) is 6.75. The molecule has 2 aromatic heterocycles. The smallest absolute Gasteiger partial charge is 0.242 e. The summed E-state index contributed by atoms with van der Waals surface area (Å²) in [5, 5.41) is 8.62.